The van der Waals surface area contributed by atoms with Crippen LogP contribution in [0, 0.1) is 0 Å². The number of piperidine rings is 1. The van der Waals surface area contributed by atoms with Gasteiger partial charge in [-0.1, -0.05) is 18.6 Å². The van der Waals surface area contributed by atoms with Gasteiger partial charge in [0, 0.05) is 19.6 Å². The zero-order chi connectivity index (χ0) is 20.1. The summed E-state index contributed by atoms with van der Waals surface area (Å²) in [5, 5.41) is 16.5. The number of likely N-dealkylation sites (tertiary alicyclic amines) is 1. The molecule has 1 aliphatic heterocycles. The Hall–Kier alpha value is -2.12. The predicted molar refractivity (Wildman–Crippen MR) is 113 cm³/mol. The fourth-order valence-corrected chi connectivity index (χ4v) is 4.65. The topological polar surface area (TPSA) is 75.4 Å². The number of anilines is 1. The summed E-state index contributed by atoms with van der Waals surface area (Å²) in [6, 6.07) is 7.17. The first-order valence-corrected chi connectivity index (χ1v) is 11.0. The van der Waals surface area contributed by atoms with Gasteiger partial charge in [0.1, 0.15) is 12.4 Å². The predicted octanol–water partition coefficient (Wildman–Crippen LogP) is 3.05. The van der Waals surface area contributed by atoms with E-state index in [1.807, 2.05) is 7.05 Å². The lowest BCUT2D eigenvalue weighted by Gasteiger charge is -2.38. The number of aliphatic hydroxyl groups excluding tert-OH is 1. The Balaban J connectivity index is 1.32. The summed E-state index contributed by atoms with van der Waals surface area (Å²) in [6.07, 6.45) is 8.56. The molecule has 1 fully saturated rings. The molecule has 29 heavy (non-hydrogen) atoms. The van der Waals surface area contributed by atoms with Crippen LogP contribution in [0.15, 0.2) is 18.2 Å². The Labute approximate surface area is 173 Å². The fraction of sp³-hybridized carbons (Fsp3) is 0.636. The highest BCUT2D eigenvalue weighted by molar-refractivity contribution is 5.43. The van der Waals surface area contributed by atoms with E-state index in [1.54, 1.807) is 4.68 Å². The molecule has 158 valence electrons. The first-order chi connectivity index (χ1) is 14.3. The van der Waals surface area contributed by atoms with Gasteiger partial charge in [0.15, 0.2) is 5.82 Å². The lowest BCUT2D eigenvalue weighted by molar-refractivity contribution is 0.147. The normalized spacial score (nSPS) is 19.7. The highest BCUT2D eigenvalue weighted by atomic mass is 16.5. The molecule has 2 aromatic rings. The summed E-state index contributed by atoms with van der Waals surface area (Å²) in [4.78, 5) is 6.93. The van der Waals surface area contributed by atoms with Crippen LogP contribution in [0.4, 0.5) is 5.95 Å². The molecule has 1 atom stereocenters. The summed E-state index contributed by atoms with van der Waals surface area (Å²) in [5.41, 5.74) is 2.91. The van der Waals surface area contributed by atoms with Crippen molar-refractivity contribution in [2.24, 2.45) is 7.05 Å². The summed E-state index contributed by atoms with van der Waals surface area (Å²) in [6.45, 7) is 3.75. The molecule has 0 bridgehead atoms. The van der Waals surface area contributed by atoms with E-state index in [9.17, 15) is 0 Å². The van der Waals surface area contributed by atoms with Crippen molar-refractivity contribution in [1.82, 2.24) is 19.7 Å². The molecule has 0 amide bonds. The van der Waals surface area contributed by atoms with Gasteiger partial charge in [0.2, 0.25) is 5.95 Å². The van der Waals surface area contributed by atoms with Crippen molar-refractivity contribution in [3.05, 3.63) is 35.2 Å². The molecular formula is C22H33N5O2. The van der Waals surface area contributed by atoms with Crippen LogP contribution in [-0.4, -0.2) is 51.0 Å². The van der Waals surface area contributed by atoms with E-state index < -0.39 is 0 Å². The van der Waals surface area contributed by atoms with Gasteiger partial charge in [-0.25, -0.2) is 4.68 Å². The molecule has 0 spiro atoms. The van der Waals surface area contributed by atoms with Crippen molar-refractivity contribution in [2.45, 2.75) is 57.6 Å². The third-order valence-electron chi connectivity index (χ3n) is 6.07. The molecule has 4 rings (SSSR count). The van der Waals surface area contributed by atoms with E-state index in [2.05, 4.69) is 38.5 Å². The van der Waals surface area contributed by atoms with Crippen molar-refractivity contribution in [3.63, 3.8) is 0 Å². The van der Waals surface area contributed by atoms with Gasteiger partial charge >= 0.3 is 0 Å². The van der Waals surface area contributed by atoms with Crippen molar-refractivity contribution >= 4 is 5.95 Å². The highest BCUT2D eigenvalue weighted by Crippen LogP contribution is 2.39. The number of aromatic nitrogens is 3. The molecule has 1 saturated heterocycles. The average Bonchev–Trinajstić information content (AvgIpc) is 3.13. The largest absolute Gasteiger partial charge is 0.493 e. The van der Waals surface area contributed by atoms with Crippen molar-refractivity contribution in [1.29, 1.82) is 0 Å². The molecule has 1 aromatic heterocycles. The van der Waals surface area contributed by atoms with Crippen LogP contribution < -0.4 is 10.1 Å². The number of hydrogen-bond donors (Lipinski definition) is 2. The van der Waals surface area contributed by atoms with Gasteiger partial charge in [0.25, 0.3) is 0 Å². The third kappa shape index (κ3) is 4.73. The van der Waals surface area contributed by atoms with Gasteiger partial charge in [-0.15, -0.1) is 0 Å². The maximum Gasteiger partial charge on any atom is 0.221 e. The van der Waals surface area contributed by atoms with Gasteiger partial charge < -0.3 is 15.2 Å². The second-order valence-electron chi connectivity index (χ2n) is 8.09. The molecule has 2 aliphatic rings. The van der Waals surface area contributed by atoms with Crippen LogP contribution in [0.5, 0.6) is 5.75 Å². The number of aryl methyl sites for hydroxylation is 1. The van der Waals surface area contributed by atoms with Crippen LogP contribution in [0.1, 0.15) is 61.5 Å². The minimum atomic E-state index is -0.143. The third-order valence-corrected chi connectivity index (χ3v) is 6.07. The lowest BCUT2D eigenvalue weighted by Crippen LogP contribution is -2.35. The molecule has 2 N–H and O–H groups in total. The monoisotopic (exact) mass is 399 g/mol. The summed E-state index contributed by atoms with van der Waals surface area (Å²) >= 11 is 0. The van der Waals surface area contributed by atoms with Crippen LogP contribution in [0.3, 0.4) is 0 Å². The first kappa shape index (κ1) is 20.2. The number of ether oxygens (including phenoxy) is 1. The van der Waals surface area contributed by atoms with Crippen molar-refractivity contribution in [2.75, 3.05) is 31.6 Å². The number of benzene rings is 1. The molecule has 0 radical (unpaired) electrons. The van der Waals surface area contributed by atoms with E-state index in [-0.39, 0.29) is 6.61 Å². The van der Waals surface area contributed by atoms with Crippen LogP contribution >= 0.6 is 0 Å². The number of aliphatic hydroxyl groups is 1. The zero-order valence-electron chi connectivity index (χ0n) is 17.4. The summed E-state index contributed by atoms with van der Waals surface area (Å²) in [7, 11) is 1.82. The Morgan fingerprint density at radius 1 is 1.21 bits per heavy atom. The molecule has 1 aliphatic carbocycles. The smallest absolute Gasteiger partial charge is 0.221 e. The Kier molecular flexibility index (Phi) is 6.67. The molecule has 2 heterocycles. The maximum atomic E-state index is 9.12. The van der Waals surface area contributed by atoms with Crippen molar-refractivity contribution in [3.8, 4) is 5.75 Å². The minimum Gasteiger partial charge on any atom is -0.493 e. The lowest BCUT2D eigenvalue weighted by atomic mass is 9.85. The second-order valence-corrected chi connectivity index (χ2v) is 8.09. The highest BCUT2D eigenvalue weighted by Gasteiger charge is 2.28. The number of hydrogen-bond acceptors (Lipinski definition) is 6. The first-order valence-electron chi connectivity index (χ1n) is 11.0. The fourth-order valence-electron chi connectivity index (χ4n) is 4.65. The van der Waals surface area contributed by atoms with Gasteiger partial charge in [-0.2, -0.15) is 10.1 Å². The molecule has 7 nitrogen and oxygen atoms in total. The molecule has 1 unspecified atom stereocenters. The van der Waals surface area contributed by atoms with Crippen LogP contribution in [0.2, 0.25) is 0 Å². The summed E-state index contributed by atoms with van der Waals surface area (Å²) < 4.78 is 7.85. The second kappa shape index (κ2) is 9.59. The zero-order valence-corrected chi connectivity index (χ0v) is 17.4. The van der Waals surface area contributed by atoms with Crippen LogP contribution in [0.25, 0.3) is 0 Å². The maximum absolute atomic E-state index is 9.12. The van der Waals surface area contributed by atoms with E-state index in [0.29, 0.717) is 24.4 Å². The quantitative estimate of drug-likeness (QED) is 0.665. The molecule has 1 aromatic carbocycles. The molecular weight excluding hydrogens is 366 g/mol. The van der Waals surface area contributed by atoms with Gasteiger partial charge in [-0.05, 0) is 68.8 Å². The molecule has 7 heteroatoms. The standard InChI is InChI=1S/C22H33N5O2/c1-26-22(24-21(16-28)25-26)23-12-7-15-29-20-11-6-8-17-18(20)9-5-10-19(17)27-13-3-2-4-14-27/h6,8,11,19,28H,2-5,7,9-10,12-16H2,1H3,(H,23,24,25). The van der Waals surface area contributed by atoms with Crippen molar-refractivity contribution < 1.29 is 9.84 Å². The minimum absolute atomic E-state index is 0.143. The number of rotatable bonds is 8. The van der Waals surface area contributed by atoms with Gasteiger partial charge in [0.05, 0.1) is 6.61 Å². The number of nitrogens with zero attached hydrogens (tertiary/aromatic N) is 4. The van der Waals surface area contributed by atoms with Crippen LogP contribution in [-0.2, 0) is 20.1 Å². The average molecular weight is 400 g/mol. The van der Waals surface area contributed by atoms with E-state index in [4.69, 9.17) is 9.84 Å². The van der Waals surface area contributed by atoms with E-state index in [0.717, 1.165) is 25.1 Å². The SMILES string of the molecule is Cn1nc(CO)nc1NCCCOc1cccc2c1CCCC2N1CCCCC1. The molecule has 0 saturated carbocycles. The Bertz CT molecular complexity index is 800. The number of nitrogens with one attached hydrogen (secondary N) is 1. The Morgan fingerprint density at radius 2 is 2.07 bits per heavy atom. The van der Waals surface area contributed by atoms with E-state index in [1.165, 1.54) is 56.3 Å². The van der Waals surface area contributed by atoms with E-state index >= 15 is 0 Å². The summed E-state index contributed by atoms with van der Waals surface area (Å²) in [5.74, 6) is 2.17. The Morgan fingerprint density at radius 3 is 2.86 bits per heavy atom. The van der Waals surface area contributed by atoms with Gasteiger partial charge in [-0.3, -0.25) is 4.90 Å². The number of fused-ring (bicyclic) bond motifs is 1.